The van der Waals surface area contributed by atoms with Gasteiger partial charge in [0.1, 0.15) is 0 Å². The highest BCUT2D eigenvalue weighted by Crippen LogP contribution is 2.55. The molecule has 1 heteroatoms. The molecule has 1 saturated carbocycles. The van der Waals surface area contributed by atoms with Gasteiger partial charge in [0, 0.05) is 0 Å². The lowest BCUT2D eigenvalue weighted by molar-refractivity contribution is 0.414. The molecule has 0 bridgehead atoms. The second-order valence-corrected chi connectivity index (χ2v) is 6.42. The van der Waals surface area contributed by atoms with Crippen molar-refractivity contribution in [3.8, 4) is 0 Å². The van der Waals surface area contributed by atoms with Crippen molar-refractivity contribution >= 4 is 0 Å². The highest BCUT2D eigenvalue weighted by atomic mass is 14.9. The van der Waals surface area contributed by atoms with Gasteiger partial charge in [-0.25, -0.2) is 0 Å². The first-order chi connectivity index (χ1) is 7.58. The molecule has 0 spiro atoms. The van der Waals surface area contributed by atoms with Gasteiger partial charge in [0.2, 0.25) is 0 Å². The number of unbranched alkanes of at least 4 members (excludes halogenated alkanes) is 3. The van der Waals surface area contributed by atoms with E-state index in [9.17, 15) is 0 Å². The van der Waals surface area contributed by atoms with Crippen molar-refractivity contribution in [1.29, 1.82) is 0 Å². The zero-order valence-electron chi connectivity index (χ0n) is 11.8. The Morgan fingerprint density at radius 2 is 2.00 bits per heavy atom. The topological polar surface area (TPSA) is 12.0 Å². The van der Waals surface area contributed by atoms with Gasteiger partial charge in [0.05, 0.1) is 0 Å². The molecular formula is C15H31N. The van der Waals surface area contributed by atoms with Gasteiger partial charge < -0.3 is 5.32 Å². The Kier molecular flexibility index (Phi) is 5.82. The second-order valence-electron chi connectivity index (χ2n) is 6.42. The minimum Gasteiger partial charge on any atom is -0.316 e. The summed E-state index contributed by atoms with van der Waals surface area (Å²) < 4.78 is 0. The molecule has 0 saturated heterocycles. The Bertz CT molecular complexity index is 188. The molecular weight excluding hydrogens is 194 g/mol. The van der Waals surface area contributed by atoms with Gasteiger partial charge in [-0.05, 0) is 43.2 Å². The van der Waals surface area contributed by atoms with Crippen LogP contribution in [0.5, 0.6) is 0 Å². The fourth-order valence-electron chi connectivity index (χ4n) is 2.63. The Morgan fingerprint density at radius 1 is 1.25 bits per heavy atom. The van der Waals surface area contributed by atoms with Crippen LogP contribution in [0.4, 0.5) is 0 Å². The lowest BCUT2D eigenvalue weighted by Gasteiger charge is -2.12. The smallest absolute Gasteiger partial charge is 0.00150 e. The third-order valence-electron chi connectivity index (χ3n) is 4.08. The number of hydrogen-bond acceptors (Lipinski definition) is 1. The summed E-state index contributed by atoms with van der Waals surface area (Å²) in [7, 11) is 0. The Morgan fingerprint density at radius 3 is 2.62 bits per heavy atom. The zero-order chi connectivity index (χ0) is 12.0. The van der Waals surface area contributed by atoms with Crippen molar-refractivity contribution in [2.24, 2.45) is 17.3 Å². The summed E-state index contributed by atoms with van der Waals surface area (Å²) in [6.07, 6.45) is 8.59. The highest BCUT2D eigenvalue weighted by Gasteiger charge is 2.48. The maximum absolute atomic E-state index is 3.60. The van der Waals surface area contributed by atoms with E-state index in [1.807, 2.05) is 0 Å². The van der Waals surface area contributed by atoms with E-state index < -0.39 is 0 Å². The molecule has 0 radical (unpaired) electrons. The van der Waals surface area contributed by atoms with Crippen LogP contribution in [0.3, 0.4) is 0 Å². The normalized spacial score (nSPS) is 28.7. The zero-order valence-corrected chi connectivity index (χ0v) is 11.8. The average molecular weight is 225 g/mol. The molecule has 16 heavy (non-hydrogen) atoms. The molecule has 0 aromatic heterocycles. The predicted molar refractivity (Wildman–Crippen MR) is 72.7 cm³/mol. The molecule has 2 atom stereocenters. The van der Waals surface area contributed by atoms with Crippen molar-refractivity contribution in [3.63, 3.8) is 0 Å². The van der Waals surface area contributed by atoms with E-state index in [1.54, 1.807) is 0 Å². The summed E-state index contributed by atoms with van der Waals surface area (Å²) in [5.41, 5.74) is 0.692. The van der Waals surface area contributed by atoms with Gasteiger partial charge in [0.25, 0.3) is 0 Å². The molecule has 1 aliphatic rings. The minimum absolute atomic E-state index is 0.692. The summed E-state index contributed by atoms with van der Waals surface area (Å²) in [5, 5.41) is 3.60. The van der Waals surface area contributed by atoms with Crippen LogP contribution in [0, 0.1) is 17.3 Å². The van der Waals surface area contributed by atoms with Gasteiger partial charge in [0.15, 0.2) is 0 Å². The largest absolute Gasteiger partial charge is 0.316 e. The summed E-state index contributed by atoms with van der Waals surface area (Å²) in [6, 6.07) is 0. The first-order valence-corrected chi connectivity index (χ1v) is 7.29. The molecule has 2 unspecified atom stereocenters. The standard InChI is InChI=1S/C15H31N/c1-5-6-7-8-9-15(4)10-14(15)12-16-11-13(2)3/h13-14,16H,5-12H2,1-4H3. The molecule has 0 heterocycles. The number of rotatable bonds is 9. The lowest BCUT2D eigenvalue weighted by Crippen LogP contribution is -2.23. The minimum atomic E-state index is 0.692. The number of hydrogen-bond donors (Lipinski definition) is 1. The summed E-state index contributed by atoms with van der Waals surface area (Å²) in [6.45, 7) is 11.8. The van der Waals surface area contributed by atoms with Crippen LogP contribution in [0.2, 0.25) is 0 Å². The maximum atomic E-state index is 3.60. The predicted octanol–water partition coefficient (Wildman–Crippen LogP) is 4.23. The fourth-order valence-corrected chi connectivity index (χ4v) is 2.63. The van der Waals surface area contributed by atoms with Crippen LogP contribution in [-0.2, 0) is 0 Å². The van der Waals surface area contributed by atoms with Crippen LogP contribution in [0.1, 0.15) is 66.2 Å². The first-order valence-electron chi connectivity index (χ1n) is 7.29. The third-order valence-corrected chi connectivity index (χ3v) is 4.08. The van der Waals surface area contributed by atoms with E-state index in [-0.39, 0.29) is 0 Å². The molecule has 1 nitrogen and oxygen atoms in total. The fraction of sp³-hybridized carbons (Fsp3) is 1.00. The van der Waals surface area contributed by atoms with Crippen LogP contribution < -0.4 is 5.32 Å². The molecule has 0 aromatic carbocycles. The SMILES string of the molecule is CCCCCCC1(C)CC1CNCC(C)C. The lowest BCUT2D eigenvalue weighted by atomic mass is 9.97. The molecule has 0 aliphatic heterocycles. The summed E-state index contributed by atoms with van der Waals surface area (Å²) in [5.74, 6) is 1.75. The van der Waals surface area contributed by atoms with Gasteiger partial charge >= 0.3 is 0 Å². The number of nitrogens with one attached hydrogen (secondary N) is 1. The maximum Gasteiger partial charge on any atom is -0.00150 e. The molecule has 1 N–H and O–H groups in total. The van der Waals surface area contributed by atoms with Crippen molar-refractivity contribution < 1.29 is 0 Å². The van der Waals surface area contributed by atoms with Crippen LogP contribution in [-0.4, -0.2) is 13.1 Å². The molecule has 0 aromatic rings. The van der Waals surface area contributed by atoms with E-state index >= 15 is 0 Å². The Balaban J connectivity index is 2.01. The van der Waals surface area contributed by atoms with E-state index in [0.29, 0.717) is 5.41 Å². The van der Waals surface area contributed by atoms with Crippen LogP contribution in [0.15, 0.2) is 0 Å². The third kappa shape index (κ3) is 4.86. The van der Waals surface area contributed by atoms with Crippen molar-refractivity contribution in [1.82, 2.24) is 5.32 Å². The summed E-state index contributed by atoms with van der Waals surface area (Å²) >= 11 is 0. The van der Waals surface area contributed by atoms with Crippen LogP contribution >= 0.6 is 0 Å². The quantitative estimate of drug-likeness (QED) is 0.579. The van der Waals surface area contributed by atoms with Crippen molar-refractivity contribution in [2.75, 3.05) is 13.1 Å². The second kappa shape index (κ2) is 6.64. The van der Waals surface area contributed by atoms with Crippen molar-refractivity contribution in [2.45, 2.75) is 66.2 Å². The molecule has 1 rings (SSSR count). The first kappa shape index (κ1) is 14.0. The average Bonchev–Trinajstić information content (AvgIpc) is 2.85. The summed E-state index contributed by atoms with van der Waals surface area (Å²) in [4.78, 5) is 0. The van der Waals surface area contributed by atoms with E-state index in [1.165, 1.54) is 51.6 Å². The van der Waals surface area contributed by atoms with Gasteiger partial charge in [-0.15, -0.1) is 0 Å². The highest BCUT2D eigenvalue weighted by molar-refractivity contribution is 4.99. The molecule has 1 fully saturated rings. The molecule has 96 valence electrons. The molecule has 1 aliphatic carbocycles. The monoisotopic (exact) mass is 225 g/mol. The van der Waals surface area contributed by atoms with E-state index in [2.05, 4.69) is 33.0 Å². The van der Waals surface area contributed by atoms with Gasteiger partial charge in [-0.2, -0.15) is 0 Å². The van der Waals surface area contributed by atoms with E-state index in [0.717, 1.165) is 11.8 Å². The van der Waals surface area contributed by atoms with Gasteiger partial charge in [-0.1, -0.05) is 53.4 Å². The van der Waals surface area contributed by atoms with Crippen LogP contribution in [0.25, 0.3) is 0 Å². The van der Waals surface area contributed by atoms with E-state index in [4.69, 9.17) is 0 Å². The molecule has 0 amide bonds. The van der Waals surface area contributed by atoms with Gasteiger partial charge in [-0.3, -0.25) is 0 Å². The Hall–Kier alpha value is -0.0400. The Labute approximate surface area is 102 Å². The van der Waals surface area contributed by atoms with Crippen molar-refractivity contribution in [3.05, 3.63) is 0 Å².